The van der Waals surface area contributed by atoms with E-state index in [4.69, 9.17) is 4.74 Å². The molecule has 1 heterocycles. The Morgan fingerprint density at radius 2 is 2.03 bits per heavy atom. The Labute approximate surface area is 174 Å². The number of hydrogen-bond acceptors (Lipinski definition) is 5. The lowest BCUT2D eigenvalue weighted by atomic mass is 9.92. The van der Waals surface area contributed by atoms with Crippen molar-refractivity contribution in [1.29, 1.82) is 0 Å². The van der Waals surface area contributed by atoms with E-state index in [0.717, 1.165) is 29.9 Å². The highest BCUT2D eigenvalue weighted by Gasteiger charge is 2.34. The van der Waals surface area contributed by atoms with Crippen molar-refractivity contribution in [3.05, 3.63) is 77.9 Å². The molecule has 30 heavy (non-hydrogen) atoms. The minimum Gasteiger partial charge on any atom is -0.494 e. The van der Waals surface area contributed by atoms with E-state index in [9.17, 15) is 13.9 Å². The summed E-state index contributed by atoms with van der Waals surface area (Å²) in [6.07, 6.45) is 3.51. The summed E-state index contributed by atoms with van der Waals surface area (Å²) < 4.78 is 35.0. The van der Waals surface area contributed by atoms with Crippen molar-refractivity contribution < 1.29 is 18.6 Å². The smallest absolute Gasteiger partial charge is 0.137 e. The monoisotopic (exact) mass is 416 g/mol. The van der Waals surface area contributed by atoms with Gasteiger partial charge in [0.1, 0.15) is 35.6 Å². The lowest BCUT2D eigenvalue weighted by Gasteiger charge is -2.33. The fourth-order valence-corrected chi connectivity index (χ4v) is 3.42. The highest BCUT2D eigenvalue weighted by molar-refractivity contribution is 5.27. The van der Waals surface area contributed by atoms with Gasteiger partial charge >= 0.3 is 0 Å². The molecule has 6 nitrogen and oxygen atoms in total. The Balaban J connectivity index is 1.63. The van der Waals surface area contributed by atoms with E-state index in [1.54, 1.807) is 0 Å². The number of aryl methyl sites for hydroxylation is 1. The first kappa shape index (κ1) is 21.9. The van der Waals surface area contributed by atoms with Crippen LogP contribution >= 0.6 is 0 Å². The van der Waals surface area contributed by atoms with E-state index in [1.165, 1.54) is 23.4 Å². The molecule has 0 bridgehead atoms. The Morgan fingerprint density at radius 3 is 2.73 bits per heavy atom. The average Bonchev–Trinajstić information content (AvgIpc) is 3.17. The second kappa shape index (κ2) is 9.77. The maximum absolute atomic E-state index is 14.5. The van der Waals surface area contributed by atoms with E-state index in [2.05, 4.69) is 10.1 Å². The largest absolute Gasteiger partial charge is 0.494 e. The van der Waals surface area contributed by atoms with Gasteiger partial charge < -0.3 is 14.7 Å². The molecule has 8 heteroatoms. The number of halogens is 2. The van der Waals surface area contributed by atoms with Crippen molar-refractivity contribution in [2.45, 2.75) is 25.5 Å². The number of benzene rings is 2. The maximum Gasteiger partial charge on any atom is 0.137 e. The van der Waals surface area contributed by atoms with Crippen LogP contribution in [0.25, 0.3) is 0 Å². The Bertz CT molecular complexity index is 952. The average molecular weight is 416 g/mol. The molecule has 0 amide bonds. The summed E-state index contributed by atoms with van der Waals surface area (Å²) in [4.78, 5) is 5.76. The normalized spacial score (nSPS) is 13.4. The van der Waals surface area contributed by atoms with Crippen LogP contribution in [0.15, 0.2) is 55.1 Å². The summed E-state index contributed by atoms with van der Waals surface area (Å²) >= 11 is 0. The molecular formula is C22H26F2N4O2. The highest BCUT2D eigenvalue weighted by atomic mass is 19.1. The van der Waals surface area contributed by atoms with Crippen molar-refractivity contribution in [2.24, 2.45) is 0 Å². The number of nitrogens with zero attached hydrogens (tertiary/aromatic N) is 4. The summed E-state index contributed by atoms with van der Waals surface area (Å²) in [5, 5.41) is 15.3. The number of likely N-dealkylation sites (N-methyl/N-ethyl adjacent to an activating group) is 1. The van der Waals surface area contributed by atoms with Crippen LogP contribution in [0.2, 0.25) is 0 Å². The molecule has 2 aromatic carbocycles. The van der Waals surface area contributed by atoms with Gasteiger partial charge in [-0.3, -0.25) is 0 Å². The minimum absolute atomic E-state index is 0.0142. The predicted octanol–water partition coefficient (Wildman–Crippen LogP) is 3.15. The zero-order valence-electron chi connectivity index (χ0n) is 17.1. The van der Waals surface area contributed by atoms with Crippen molar-refractivity contribution in [1.82, 2.24) is 19.7 Å². The van der Waals surface area contributed by atoms with Crippen molar-refractivity contribution >= 4 is 0 Å². The van der Waals surface area contributed by atoms with Gasteiger partial charge in [0.2, 0.25) is 0 Å². The SMILES string of the molecule is Cc1cccc(OCCCN(C)CC(O)(Cn2cncn2)c2ccc(F)cc2F)c1. The van der Waals surface area contributed by atoms with Gasteiger partial charge in [0.05, 0.1) is 13.2 Å². The van der Waals surface area contributed by atoms with Crippen LogP contribution in [0.4, 0.5) is 8.78 Å². The fourth-order valence-electron chi connectivity index (χ4n) is 3.42. The molecular weight excluding hydrogens is 390 g/mol. The molecule has 0 fully saturated rings. The number of ether oxygens (including phenoxy) is 1. The summed E-state index contributed by atoms with van der Waals surface area (Å²) in [7, 11) is 1.83. The molecule has 0 aliphatic heterocycles. The number of aliphatic hydroxyl groups is 1. The topological polar surface area (TPSA) is 63.4 Å². The molecule has 160 valence electrons. The summed E-state index contributed by atoms with van der Waals surface area (Å²) in [6.45, 7) is 3.25. The minimum atomic E-state index is -1.61. The van der Waals surface area contributed by atoms with Crippen LogP contribution in [0, 0.1) is 18.6 Å². The highest BCUT2D eigenvalue weighted by Crippen LogP contribution is 2.27. The first-order valence-electron chi connectivity index (χ1n) is 9.74. The van der Waals surface area contributed by atoms with Gasteiger partial charge in [0, 0.05) is 24.7 Å². The molecule has 1 aromatic heterocycles. The lowest BCUT2D eigenvalue weighted by Crippen LogP contribution is -2.43. The molecule has 3 rings (SSSR count). The van der Waals surface area contributed by atoms with Crippen molar-refractivity contribution in [2.75, 3.05) is 26.7 Å². The predicted molar refractivity (Wildman–Crippen MR) is 109 cm³/mol. The first-order valence-corrected chi connectivity index (χ1v) is 9.74. The van der Waals surface area contributed by atoms with Gasteiger partial charge in [0.25, 0.3) is 0 Å². The zero-order chi connectivity index (χ0) is 21.6. The van der Waals surface area contributed by atoms with E-state index in [0.29, 0.717) is 13.2 Å². The summed E-state index contributed by atoms with van der Waals surface area (Å²) in [5.74, 6) is -0.677. The van der Waals surface area contributed by atoms with Gasteiger partial charge in [-0.2, -0.15) is 5.10 Å². The van der Waals surface area contributed by atoms with Crippen LogP contribution in [-0.2, 0) is 12.1 Å². The van der Waals surface area contributed by atoms with Crippen molar-refractivity contribution in [3.63, 3.8) is 0 Å². The third-order valence-corrected chi connectivity index (χ3v) is 4.80. The fraction of sp³-hybridized carbons (Fsp3) is 0.364. The van der Waals surface area contributed by atoms with Crippen LogP contribution in [-0.4, -0.2) is 51.5 Å². The lowest BCUT2D eigenvalue weighted by molar-refractivity contribution is -0.0165. The van der Waals surface area contributed by atoms with Crippen LogP contribution in [0.1, 0.15) is 17.5 Å². The van der Waals surface area contributed by atoms with Crippen LogP contribution < -0.4 is 4.74 Å². The molecule has 1 atom stereocenters. The molecule has 0 aliphatic carbocycles. The second-order valence-corrected chi connectivity index (χ2v) is 7.51. The molecule has 0 radical (unpaired) electrons. The molecule has 3 aromatic rings. The molecule has 0 aliphatic rings. The Kier molecular flexibility index (Phi) is 7.12. The zero-order valence-corrected chi connectivity index (χ0v) is 17.1. The van der Waals surface area contributed by atoms with Crippen LogP contribution in [0.5, 0.6) is 5.75 Å². The van der Waals surface area contributed by atoms with E-state index in [-0.39, 0.29) is 18.7 Å². The van der Waals surface area contributed by atoms with E-state index in [1.807, 2.05) is 43.1 Å². The number of hydrogen-bond donors (Lipinski definition) is 1. The Morgan fingerprint density at radius 1 is 1.20 bits per heavy atom. The van der Waals surface area contributed by atoms with E-state index < -0.39 is 17.2 Å². The number of aromatic nitrogens is 3. The van der Waals surface area contributed by atoms with Gasteiger partial charge in [-0.05, 0) is 44.2 Å². The first-order chi connectivity index (χ1) is 14.4. The quantitative estimate of drug-likeness (QED) is 0.515. The van der Waals surface area contributed by atoms with Gasteiger partial charge in [-0.1, -0.05) is 18.2 Å². The van der Waals surface area contributed by atoms with Gasteiger partial charge in [-0.25, -0.2) is 18.4 Å². The van der Waals surface area contributed by atoms with Gasteiger partial charge in [-0.15, -0.1) is 0 Å². The Hall–Kier alpha value is -2.84. The standard InChI is InChI=1S/C22H26F2N4O2/c1-17-5-3-6-19(11-17)30-10-4-9-27(2)13-22(29,14-28-16-25-15-26-28)20-8-7-18(23)12-21(20)24/h3,5-8,11-12,15-16,29H,4,9-10,13-14H2,1-2H3. The number of rotatable bonds is 10. The van der Waals surface area contributed by atoms with Gasteiger partial charge in [0.15, 0.2) is 0 Å². The summed E-state index contributed by atoms with van der Waals surface area (Å²) in [5.41, 5.74) is -0.469. The molecule has 0 spiro atoms. The van der Waals surface area contributed by atoms with E-state index >= 15 is 0 Å². The van der Waals surface area contributed by atoms with Crippen LogP contribution in [0.3, 0.4) is 0 Å². The molecule has 1 N–H and O–H groups in total. The molecule has 0 saturated heterocycles. The third kappa shape index (κ3) is 5.84. The molecule has 0 saturated carbocycles. The molecule has 1 unspecified atom stereocenters. The van der Waals surface area contributed by atoms with Crippen molar-refractivity contribution in [3.8, 4) is 5.75 Å². The maximum atomic E-state index is 14.5. The second-order valence-electron chi connectivity index (χ2n) is 7.51. The third-order valence-electron chi connectivity index (χ3n) is 4.80. The summed E-state index contributed by atoms with van der Waals surface area (Å²) in [6, 6.07) is 11.0.